The average Bonchev–Trinajstić information content (AvgIpc) is 2.55. The second-order valence-corrected chi connectivity index (χ2v) is 7.40. The van der Waals surface area contributed by atoms with E-state index in [4.69, 9.17) is 4.74 Å². The Morgan fingerprint density at radius 3 is 2.77 bits per heavy atom. The highest BCUT2D eigenvalue weighted by Gasteiger charge is 2.27. The number of rotatable bonds is 7. The minimum Gasteiger partial charge on any atom is -0.361 e. The smallest absolute Gasteiger partial charge is 0.279 e. The van der Waals surface area contributed by atoms with E-state index >= 15 is 0 Å². The topological polar surface area (TPSA) is 47.2 Å². The molecule has 3 atom stereocenters. The van der Waals surface area contributed by atoms with Crippen LogP contribution in [0.25, 0.3) is 0 Å². The minimum atomic E-state index is -1.59. The second kappa shape index (κ2) is 9.34. The van der Waals surface area contributed by atoms with Crippen LogP contribution in [0.1, 0.15) is 13.8 Å². The highest BCUT2D eigenvalue weighted by molar-refractivity contribution is 5.91. The molecule has 0 aromatic heterocycles. The number of anilines is 1. The van der Waals surface area contributed by atoms with Gasteiger partial charge in [0.2, 0.25) is 0 Å². The average molecular weight is 375 g/mol. The van der Waals surface area contributed by atoms with Crippen molar-refractivity contribution < 1.29 is 32.5 Å². The summed E-state index contributed by atoms with van der Waals surface area (Å²) >= 11 is 0. The summed E-state index contributed by atoms with van der Waals surface area (Å²) in [4.78, 5) is 14.5. The number of carbonyl (C=O) groups is 1. The van der Waals surface area contributed by atoms with Crippen LogP contribution >= 0.6 is 0 Å². The summed E-state index contributed by atoms with van der Waals surface area (Å²) in [7, 11) is 1.85. The van der Waals surface area contributed by atoms with Gasteiger partial charge in [-0.15, -0.1) is 0 Å². The fraction of sp³-hybridized carbons (Fsp3) is 0.611. The van der Waals surface area contributed by atoms with Gasteiger partial charge in [-0.3, -0.25) is 4.79 Å². The Hall–Kier alpha value is -1.64. The molecule has 1 amide bonds. The van der Waals surface area contributed by atoms with Gasteiger partial charge in [0.25, 0.3) is 5.91 Å². The first-order valence-corrected chi connectivity index (χ1v) is 8.96. The molecule has 1 saturated heterocycles. The molecule has 1 heterocycles. The maximum Gasteiger partial charge on any atom is 0.279 e. The lowest BCUT2D eigenvalue weighted by Gasteiger charge is -2.31. The monoisotopic (exact) mass is 375 g/mol. The zero-order chi connectivity index (χ0) is 19.3. The molecule has 26 heavy (non-hydrogen) atoms. The molecule has 0 bridgehead atoms. The van der Waals surface area contributed by atoms with Gasteiger partial charge < -0.3 is 19.9 Å². The number of halogens is 3. The predicted octanol–water partition coefficient (Wildman–Crippen LogP) is -0.503. The Bertz CT molecular complexity index is 628. The Labute approximate surface area is 152 Å². The molecule has 1 aliphatic rings. The molecule has 3 N–H and O–H groups in total. The van der Waals surface area contributed by atoms with Crippen molar-refractivity contribution in [1.29, 1.82) is 0 Å². The quantitative estimate of drug-likeness (QED) is 0.563. The number of hydrogen-bond donors (Lipinski definition) is 3. The third kappa shape index (κ3) is 5.96. The summed E-state index contributed by atoms with van der Waals surface area (Å²) in [5, 5.41) is 2.29. The Morgan fingerprint density at radius 1 is 1.35 bits per heavy atom. The zero-order valence-corrected chi connectivity index (χ0v) is 15.5. The summed E-state index contributed by atoms with van der Waals surface area (Å²) in [6, 6.07) is 1.80. The van der Waals surface area contributed by atoms with Crippen LogP contribution in [0.2, 0.25) is 0 Å². The fourth-order valence-corrected chi connectivity index (χ4v) is 3.30. The van der Waals surface area contributed by atoms with E-state index < -0.39 is 23.4 Å². The van der Waals surface area contributed by atoms with E-state index in [1.807, 2.05) is 7.05 Å². The molecule has 0 spiro atoms. The third-order valence-electron chi connectivity index (χ3n) is 4.37. The number of ether oxygens (including phenoxy) is 1. The Balaban J connectivity index is 1.83. The van der Waals surface area contributed by atoms with E-state index in [1.165, 1.54) is 4.90 Å². The number of benzene rings is 1. The van der Waals surface area contributed by atoms with Gasteiger partial charge in [-0.05, 0) is 12.1 Å². The van der Waals surface area contributed by atoms with Crippen molar-refractivity contribution >= 4 is 11.6 Å². The molecule has 1 fully saturated rings. The van der Waals surface area contributed by atoms with Gasteiger partial charge in [0.05, 0.1) is 25.9 Å². The zero-order valence-electron chi connectivity index (χ0n) is 15.5. The van der Waals surface area contributed by atoms with Gasteiger partial charge >= 0.3 is 0 Å². The van der Waals surface area contributed by atoms with E-state index in [2.05, 4.69) is 19.2 Å². The lowest BCUT2D eigenvalue weighted by molar-refractivity contribution is -0.926. The molecular weight excluding hydrogens is 347 g/mol. The van der Waals surface area contributed by atoms with Gasteiger partial charge in [-0.25, -0.2) is 13.2 Å². The van der Waals surface area contributed by atoms with Crippen molar-refractivity contribution in [3.8, 4) is 0 Å². The highest BCUT2D eigenvalue weighted by atomic mass is 19.2. The summed E-state index contributed by atoms with van der Waals surface area (Å²) in [5.74, 6) is -4.11. The molecule has 0 saturated carbocycles. The van der Waals surface area contributed by atoms with Crippen molar-refractivity contribution in [2.24, 2.45) is 5.92 Å². The van der Waals surface area contributed by atoms with Gasteiger partial charge in [0, 0.05) is 5.92 Å². The van der Waals surface area contributed by atoms with Crippen LogP contribution in [-0.2, 0) is 9.53 Å². The summed E-state index contributed by atoms with van der Waals surface area (Å²) in [5.41, 5.74) is -0.358. The number of likely N-dealkylation sites (N-methyl/N-ethyl adjacent to an activating group) is 1. The molecule has 0 radical (unpaired) electrons. The first kappa shape index (κ1) is 20.7. The first-order valence-electron chi connectivity index (χ1n) is 8.96. The molecule has 2 rings (SSSR count). The molecule has 2 unspecified atom stereocenters. The van der Waals surface area contributed by atoms with Crippen LogP contribution in [0.4, 0.5) is 18.9 Å². The SMILES string of the molecule is CC(C)C[NH+]1CCO[C@@H](C[NH+](C)CC(=O)Nc2ccc(F)c(F)c2F)C1. The molecular formula is C18H28F3N3O2+2. The summed E-state index contributed by atoms with van der Waals surface area (Å²) < 4.78 is 45.5. The maximum absolute atomic E-state index is 13.6. The van der Waals surface area contributed by atoms with Crippen LogP contribution in [0, 0.1) is 23.4 Å². The second-order valence-electron chi connectivity index (χ2n) is 7.40. The van der Waals surface area contributed by atoms with Crippen LogP contribution < -0.4 is 15.1 Å². The van der Waals surface area contributed by atoms with E-state index in [1.54, 1.807) is 0 Å². The summed E-state index contributed by atoms with van der Waals surface area (Å²) in [6.45, 7) is 8.79. The molecule has 1 aliphatic heterocycles. The molecule has 5 nitrogen and oxygen atoms in total. The highest BCUT2D eigenvalue weighted by Crippen LogP contribution is 2.19. The van der Waals surface area contributed by atoms with Crippen LogP contribution in [-0.4, -0.2) is 58.4 Å². The van der Waals surface area contributed by atoms with Crippen molar-refractivity contribution in [2.75, 3.05) is 51.7 Å². The molecule has 8 heteroatoms. The molecule has 1 aromatic rings. The molecule has 146 valence electrons. The van der Waals surface area contributed by atoms with Gasteiger partial charge in [0.15, 0.2) is 30.1 Å². The minimum absolute atomic E-state index is 0.0605. The third-order valence-corrected chi connectivity index (χ3v) is 4.37. The van der Waals surface area contributed by atoms with E-state index in [0.717, 1.165) is 36.7 Å². The largest absolute Gasteiger partial charge is 0.361 e. The van der Waals surface area contributed by atoms with Gasteiger partial charge in [-0.2, -0.15) is 0 Å². The number of carbonyl (C=O) groups excluding carboxylic acids is 1. The number of hydrogen-bond acceptors (Lipinski definition) is 2. The lowest BCUT2D eigenvalue weighted by Crippen LogP contribution is -3.18. The number of morpholine rings is 1. The standard InChI is InChI=1S/C18H26F3N3O2/c1-12(2)8-24-6-7-26-13(10-24)9-23(3)11-16(25)22-15-5-4-14(19)17(20)18(15)21/h4-5,12-13H,6-11H2,1-3H3,(H,22,25)/p+2/t13-/m0/s1. The maximum atomic E-state index is 13.6. The molecule has 0 aliphatic carbocycles. The van der Waals surface area contributed by atoms with Crippen LogP contribution in [0.3, 0.4) is 0 Å². The number of nitrogens with one attached hydrogen (secondary N) is 3. The van der Waals surface area contributed by atoms with Crippen LogP contribution in [0.15, 0.2) is 12.1 Å². The number of quaternary nitrogens is 2. The normalized spacial score (nSPS) is 21.7. The lowest BCUT2D eigenvalue weighted by atomic mass is 10.1. The van der Waals surface area contributed by atoms with Gasteiger partial charge in [0.1, 0.15) is 19.6 Å². The van der Waals surface area contributed by atoms with E-state index in [0.29, 0.717) is 19.1 Å². The fourth-order valence-electron chi connectivity index (χ4n) is 3.30. The molecule has 1 aromatic carbocycles. The van der Waals surface area contributed by atoms with E-state index in [9.17, 15) is 18.0 Å². The first-order chi connectivity index (χ1) is 12.3. The van der Waals surface area contributed by atoms with Gasteiger partial charge in [-0.1, -0.05) is 13.8 Å². The summed E-state index contributed by atoms with van der Waals surface area (Å²) in [6.07, 6.45) is 0.0605. The van der Waals surface area contributed by atoms with Crippen molar-refractivity contribution in [2.45, 2.75) is 20.0 Å². The van der Waals surface area contributed by atoms with E-state index in [-0.39, 0.29) is 18.3 Å². The van der Waals surface area contributed by atoms with Crippen molar-refractivity contribution in [3.63, 3.8) is 0 Å². The van der Waals surface area contributed by atoms with Crippen LogP contribution in [0.5, 0.6) is 0 Å². The Kier molecular flexibility index (Phi) is 7.43. The van der Waals surface area contributed by atoms with Crippen molar-refractivity contribution in [1.82, 2.24) is 0 Å². The predicted molar refractivity (Wildman–Crippen MR) is 91.7 cm³/mol. The Morgan fingerprint density at radius 2 is 2.08 bits per heavy atom. The number of amides is 1. The van der Waals surface area contributed by atoms with Crippen molar-refractivity contribution in [3.05, 3.63) is 29.6 Å².